The van der Waals surface area contributed by atoms with Crippen LogP contribution in [0.4, 0.5) is 4.79 Å². The number of nitrogens with zero attached hydrogens (tertiary/aromatic N) is 2. The molecule has 122 valence electrons. The van der Waals surface area contributed by atoms with E-state index in [1.165, 1.54) is 4.70 Å². The van der Waals surface area contributed by atoms with E-state index in [2.05, 4.69) is 21.7 Å². The molecule has 0 spiro atoms. The van der Waals surface area contributed by atoms with E-state index in [-0.39, 0.29) is 18.0 Å². The number of thiazole rings is 1. The normalized spacial score (nSPS) is 18.2. The van der Waals surface area contributed by atoms with Crippen molar-refractivity contribution < 1.29 is 9.59 Å². The van der Waals surface area contributed by atoms with Crippen molar-refractivity contribution in [3.63, 3.8) is 0 Å². The first kappa shape index (κ1) is 15.7. The SMILES string of the molecule is CN1C[C@@H](NC(=O)NCCc2nc3ccccc3s2)CCC1=O. The first-order valence-electron chi connectivity index (χ1n) is 7.74. The van der Waals surface area contributed by atoms with E-state index >= 15 is 0 Å². The molecule has 1 fully saturated rings. The number of hydrogen-bond acceptors (Lipinski definition) is 4. The summed E-state index contributed by atoms with van der Waals surface area (Å²) in [6, 6.07) is 7.87. The molecule has 2 heterocycles. The second-order valence-electron chi connectivity index (χ2n) is 5.74. The highest BCUT2D eigenvalue weighted by atomic mass is 32.1. The molecule has 3 amide bonds. The molecule has 3 rings (SSSR count). The number of benzene rings is 1. The summed E-state index contributed by atoms with van der Waals surface area (Å²) < 4.78 is 1.17. The number of fused-ring (bicyclic) bond motifs is 1. The maximum absolute atomic E-state index is 11.9. The molecule has 1 aliphatic rings. The van der Waals surface area contributed by atoms with Gasteiger partial charge < -0.3 is 15.5 Å². The summed E-state index contributed by atoms with van der Waals surface area (Å²) in [5, 5.41) is 6.81. The number of rotatable bonds is 4. The summed E-state index contributed by atoms with van der Waals surface area (Å²) in [4.78, 5) is 29.5. The van der Waals surface area contributed by atoms with Gasteiger partial charge in [0, 0.05) is 39.0 Å². The number of piperidine rings is 1. The van der Waals surface area contributed by atoms with Crippen LogP contribution in [0.15, 0.2) is 24.3 Å². The van der Waals surface area contributed by atoms with Crippen LogP contribution in [0.2, 0.25) is 0 Å². The Bertz CT molecular complexity index is 682. The number of likely N-dealkylation sites (tertiary alicyclic amines) is 1. The Morgan fingerprint density at radius 2 is 2.26 bits per heavy atom. The maximum Gasteiger partial charge on any atom is 0.315 e. The fourth-order valence-corrected chi connectivity index (χ4v) is 3.64. The first-order chi connectivity index (χ1) is 11.1. The number of hydrogen-bond donors (Lipinski definition) is 2. The summed E-state index contributed by atoms with van der Waals surface area (Å²) >= 11 is 1.66. The van der Waals surface area contributed by atoms with Gasteiger partial charge in [0.25, 0.3) is 0 Å². The zero-order valence-corrected chi connectivity index (χ0v) is 13.9. The molecule has 1 atom stereocenters. The summed E-state index contributed by atoms with van der Waals surface area (Å²) in [7, 11) is 1.77. The van der Waals surface area contributed by atoms with Gasteiger partial charge in [-0.2, -0.15) is 0 Å². The molecule has 0 unspecified atom stereocenters. The van der Waals surface area contributed by atoms with Gasteiger partial charge in [0.05, 0.1) is 15.2 Å². The Morgan fingerprint density at radius 3 is 3.04 bits per heavy atom. The second-order valence-corrected chi connectivity index (χ2v) is 6.85. The van der Waals surface area contributed by atoms with Crippen molar-refractivity contribution in [1.29, 1.82) is 0 Å². The molecule has 0 saturated carbocycles. The summed E-state index contributed by atoms with van der Waals surface area (Å²) in [5.41, 5.74) is 1.01. The molecule has 1 aromatic carbocycles. The highest BCUT2D eigenvalue weighted by molar-refractivity contribution is 7.18. The van der Waals surface area contributed by atoms with E-state index in [0.29, 0.717) is 25.9 Å². The lowest BCUT2D eigenvalue weighted by molar-refractivity contribution is -0.132. The monoisotopic (exact) mass is 332 g/mol. The molecule has 1 aliphatic heterocycles. The number of aromatic nitrogens is 1. The number of nitrogens with one attached hydrogen (secondary N) is 2. The van der Waals surface area contributed by atoms with Gasteiger partial charge in [-0.15, -0.1) is 11.3 Å². The summed E-state index contributed by atoms with van der Waals surface area (Å²) in [5.74, 6) is 0.138. The van der Waals surface area contributed by atoms with Crippen LogP contribution < -0.4 is 10.6 Å². The minimum atomic E-state index is -0.182. The van der Waals surface area contributed by atoms with Crippen LogP contribution in [0, 0.1) is 0 Å². The second kappa shape index (κ2) is 6.95. The minimum absolute atomic E-state index is 0.0279. The van der Waals surface area contributed by atoms with Crippen LogP contribution in [0.1, 0.15) is 17.8 Å². The standard InChI is InChI=1S/C16H20N4O2S/c1-20-10-11(6-7-15(20)21)18-16(22)17-9-8-14-19-12-4-2-3-5-13(12)23-14/h2-5,11H,6-10H2,1H3,(H2,17,18,22)/t11-/m0/s1. The largest absolute Gasteiger partial charge is 0.344 e. The third-order valence-corrected chi connectivity index (χ3v) is 5.02. The van der Waals surface area contributed by atoms with E-state index in [4.69, 9.17) is 0 Å². The Balaban J connectivity index is 1.43. The van der Waals surface area contributed by atoms with Crippen LogP contribution in [0.3, 0.4) is 0 Å². The van der Waals surface area contributed by atoms with Crippen molar-refractivity contribution in [3.05, 3.63) is 29.3 Å². The average molecular weight is 332 g/mol. The molecule has 2 N–H and O–H groups in total. The molecular weight excluding hydrogens is 312 g/mol. The van der Waals surface area contributed by atoms with Gasteiger partial charge in [-0.25, -0.2) is 9.78 Å². The summed E-state index contributed by atoms with van der Waals surface area (Å²) in [6.07, 6.45) is 1.91. The number of urea groups is 1. The fraction of sp³-hybridized carbons (Fsp3) is 0.438. The molecule has 1 saturated heterocycles. The highest BCUT2D eigenvalue weighted by Gasteiger charge is 2.23. The molecule has 23 heavy (non-hydrogen) atoms. The maximum atomic E-state index is 11.9. The molecule has 6 nitrogen and oxygen atoms in total. The number of amides is 3. The van der Waals surface area contributed by atoms with Gasteiger partial charge in [-0.05, 0) is 18.6 Å². The van der Waals surface area contributed by atoms with Crippen molar-refractivity contribution >= 4 is 33.5 Å². The lowest BCUT2D eigenvalue weighted by atomic mass is 10.1. The Labute approximate surface area is 138 Å². The molecule has 2 aromatic rings. The smallest absolute Gasteiger partial charge is 0.315 e. The van der Waals surface area contributed by atoms with Crippen LogP contribution in [-0.4, -0.2) is 48.0 Å². The van der Waals surface area contributed by atoms with Crippen LogP contribution in [0.5, 0.6) is 0 Å². The minimum Gasteiger partial charge on any atom is -0.344 e. The van der Waals surface area contributed by atoms with Gasteiger partial charge >= 0.3 is 6.03 Å². The van der Waals surface area contributed by atoms with Gasteiger partial charge in [0.2, 0.25) is 5.91 Å². The number of likely N-dealkylation sites (N-methyl/N-ethyl adjacent to an activating group) is 1. The Hall–Kier alpha value is -2.15. The van der Waals surface area contributed by atoms with E-state index in [1.54, 1.807) is 23.3 Å². The lowest BCUT2D eigenvalue weighted by Crippen LogP contribution is -2.51. The molecule has 1 aromatic heterocycles. The van der Waals surface area contributed by atoms with E-state index < -0.39 is 0 Å². The van der Waals surface area contributed by atoms with Crippen molar-refractivity contribution in [3.8, 4) is 0 Å². The zero-order chi connectivity index (χ0) is 16.2. The van der Waals surface area contributed by atoms with Crippen molar-refractivity contribution in [1.82, 2.24) is 20.5 Å². The number of carbonyl (C=O) groups is 2. The van der Waals surface area contributed by atoms with Gasteiger partial charge in [-0.3, -0.25) is 4.79 Å². The van der Waals surface area contributed by atoms with Crippen molar-refractivity contribution in [2.45, 2.75) is 25.3 Å². The zero-order valence-electron chi connectivity index (χ0n) is 13.0. The van der Waals surface area contributed by atoms with Gasteiger partial charge in [0.1, 0.15) is 0 Å². The first-order valence-corrected chi connectivity index (χ1v) is 8.56. The summed E-state index contributed by atoms with van der Waals surface area (Å²) in [6.45, 7) is 1.12. The number of para-hydroxylation sites is 1. The predicted octanol–water partition coefficient (Wildman–Crippen LogP) is 1.76. The lowest BCUT2D eigenvalue weighted by Gasteiger charge is -2.30. The quantitative estimate of drug-likeness (QED) is 0.896. The van der Waals surface area contributed by atoms with Gasteiger partial charge in [0.15, 0.2) is 0 Å². The third-order valence-electron chi connectivity index (χ3n) is 3.92. The predicted molar refractivity (Wildman–Crippen MR) is 90.5 cm³/mol. The fourth-order valence-electron chi connectivity index (χ4n) is 2.68. The van der Waals surface area contributed by atoms with E-state index in [1.807, 2.05) is 18.2 Å². The van der Waals surface area contributed by atoms with E-state index in [0.717, 1.165) is 16.9 Å². The topological polar surface area (TPSA) is 74.3 Å². The van der Waals surface area contributed by atoms with E-state index in [9.17, 15) is 9.59 Å². The highest BCUT2D eigenvalue weighted by Crippen LogP contribution is 2.21. The Kier molecular flexibility index (Phi) is 4.76. The molecule has 0 bridgehead atoms. The molecule has 0 aliphatic carbocycles. The molecule has 7 heteroatoms. The van der Waals surface area contributed by atoms with Crippen LogP contribution in [0.25, 0.3) is 10.2 Å². The number of carbonyl (C=O) groups excluding carboxylic acids is 2. The van der Waals surface area contributed by atoms with Crippen molar-refractivity contribution in [2.24, 2.45) is 0 Å². The van der Waals surface area contributed by atoms with Crippen LogP contribution >= 0.6 is 11.3 Å². The Morgan fingerprint density at radius 1 is 1.43 bits per heavy atom. The molecule has 0 radical (unpaired) electrons. The third kappa shape index (κ3) is 3.98. The van der Waals surface area contributed by atoms with Crippen LogP contribution in [-0.2, 0) is 11.2 Å². The van der Waals surface area contributed by atoms with Crippen molar-refractivity contribution in [2.75, 3.05) is 20.1 Å². The average Bonchev–Trinajstić information content (AvgIpc) is 2.93. The van der Waals surface area contributed by atoms with Gasteiger partial charge in [-0.1, -0.05) is 12.1 Å². The molecular formula is C16H20N4O2S.